The summed E-state index contributed by atoms with van der Waals surface area (Å²) in [4.78, 5) is 1.39. The number of hydrogen-bond acceptors (Lipinski definition) is 2. The molecule has 1 aliphatic carbocycles. The first-order valence-corrected chi connectivity index (χ1v) is 6.56. The Balaban J connectivity index is 1.95. The second-order valence-corrected chi connectivity index (χ2v) is 5.60. The van der Waals surface area contributed by atoms with E-state index in [1.54, 1.807) is 11.3 Å². The van der Waals surface area contributed by atoms with E-state index in [9.17, 15) is 0 Å². The highest BCUT2D eigenvalue weighted by Gasteiger charge is 2.34. The second kappa shape index (κ2) is 3.72. The summed E-state index contributed by atoms with van der Waals surface area (Å²) < 4.78 is 0. The Bertz CT molecular complexity index is 489. The maximum atomic E-state index is 6.57. The molecule has 82 valence electrons. The van der Waals surface area contributed by atoms with Gasteiger partial charge in [-0.05, 0) is 35.4 Å². The van der Waals surface area contributed by atoms with Crippen molar-refractivity contribution in [1.82, 2.24) is 0 Å². The zero-order chi connectivity index (χ0) is 11.0. The first-order chi connectivity index (χ1) is 7.78. The van der Waals surface area contributed by atoms with Crippen molar-refractivity contribution in [2.75, 3.05) is 0 Å². The molecule has 1 aromatic carbocycles. The van der Waals surface area contributed by atoms with Crippen LogP contribution in [-0.2, 0) is 18.4 Å². The van der Waals surface area contributed by atoms with Gasteiger partial charge in [-0.3, -0.25) is 0 Å². The van der Waals surface area contributed by atoms with Crippen LogP contribution in [0.3, 0.4) is 0 Å². The largest absolute Gasteiger partial charge is 0.321 e. The normalized spacial score (nSPS) is 23.3. The van der Waals surface area contributed by atoms with Crippen molar-refractivity contribution in [3.05, 3.63) is 57.8 Å². The average Bonchev–Trinajstić information content (AvgIpc) is 2.89. The van der Waals surface area contributed by atoms with Crippen LogP contribution in [0.15, 0.2) is 41.8 Å². The summed E-state index contributed by atoms with van der Waals surface area (Å²) >= 11 is 1.80. The molecular weight excluding hydrogens is 214 g/mol. The SMILES string of the molecule is NC1(Cc2cccs2)CCc2ccccc21. The van der Waals surface area contributed by atoms with Crippen LogP contribution in [0.25, 0.3) is 0 Å². The van der Waals surface area contributed by atoms with Crippen molar-refractivity contribution in [2.24, 2.45) is 5.73 Å². The summed E-state index contributed by atoms with van der Waals surface area (Å²) in [6, 6.07) is 12.9. The lowest BCUT2D eigenvalue weighted by molar-refractivity contribution is 0.442. The van der Waals surface area contributed by atoms with Crippen LogP contribution < -0.4 is 5.73 Å². The molecule has 0 saturated heterocycles. The molecule has 2 N–H and O–H groups in total. The van der Waals surface area contributed by atoms with Crippen LogP contribution in [0.5, 0.6) is 0 Å². The molecule has 0 saturated carbocycles. The van der Waals surface area contributed by atoms with Gasteiger partial charge >= 0.3 is 0 Å². The van der Waals surface area contributed by atoms with Gasteiger partial charge in [-0.1, -0.05) is 30.3 Å². The summed E-state index contributed by atoms with van der Waals surface area (Å²) in [7, 11) is 0. The molecule has 0 spiro atoms. The van der Waals surface area contributed by atoms with E-state index in [0.29, 0.717) is 0 Å². The lowest BCUT2D eigenvalue weighted by Gasteiger charge is -2.24. The average molecular weight is 229 g/mol. The first kappa shape index (κ1) is 10.1. The molecule has 0 amide bonds. The standard InChI is InChI=1S/C14H15NS/c15-14(10-12-5-3-9-16-12)8-7-11-4-1-2-6-13(11)14/h1-6,9H,7-8,10,15H2. The van der Waals surface area contributed by atoms with Crippen LogP contribution in [0.1, 0.15) is 22.4 Å². The third-order valence-electron chi connectivity index (χ3n) is 3.46. The lowest BCUT2D eigenvalue weighted by Crippen LogP contribution is -2.36. The quantitative estimate of drug-likeness (QED) is 0.841. The van der Waals surface area contributed by atoms with Crippen molar-refractivity contribution >= 4 is 11.3 Å². The summed E-state index contributed by atoms with van der Waals surface area (Å²) in [5.41, 5.74) is 9.21. The lowest BCUT2D eigenvalue weighted by atomic mass is 9.89. The molecule has 1 atom stereocenters. The Labute approximate surface area is 99.9 Å². The number of thiophene rings is 1. The first-order valence-electron chi connectivity index (χ1n) is 5.68. The summed E-state index contributed by atoms with van der Waals surface area (Å²) in [5.74, 6) is 0. The number of fused-ring (bicyclic) bond motifs is 1. The summed E-state index contributed by atoms with van der Waals surface area (Å²) in [6.07, 6.45) is 3.17. The van der Waals surface area contributed by atoms with Crippen LogP contribution >= 0.6 is 11.3 Å². The number of benzene rings is 1. The fourth-order valence-electron chi connectivity index (χ4n) is 2.62. The number of hydrogen-bond donors (Lipinski definition) is 1. The predicted molar refractivity (Wildman–Crippen MR) is 68.7 cm³/mol. The minimum atomic E-state index is -0.137. The van der Waals surface area contributed by atoms with Gasteiger partial charge in [0.25, 0.3) is 0 Å². The topological polar surface area (TPSA) is 26.0 Å². The number of rotatable bonds is 2. The molecule has 16 heavy (non-hydrogen) atoms. The molecule has 2 aromatic rings. The molecule has 0 bridgehead atoms. The van der Waals surface area contributed by atoms with E-state index in [1.165, 1.54) is 16.0 Å². The Morgan fingerprint density at radius 1 is 1.19 bits per heavy atom. The van der Waals surface area contributed by atoms with Crippen molar-refractivity contribution in [3.8, 4) is 0 Å². The Morgan fingerprint density at radius 3 is 2.88 bits per heavy atom. The highest BCUT2D eigenvalue weighted by atomic mass is 32.1. The van der Waals surface area contributed by atoms with Gasteiger partial charge in [0.05, 0.1) is 0 Å². The fraction of sp³-hybridized carbons (Fsp3) is 0.286. The van der Waals surface area contributed by atoms with E-state index in [4.69, 9.17) is 5.73 Å². The van der Waals surface area contributed by atoms with Gasteiger partial charge in [0.2, 0.25) is 0 Å². The molecule has 3 rings (SSSR count). The third kappa shape index (κ3) is 1.58. The maximum Gasteiger partial charge on any atom is 0.0464 e. The molecule has 0 fully saturated rings. The fourth-order valence-corrected chi connectivity index (χ4v) is 3.45. The van der Waals surface area contributed by atoms with Crippen molar-refractivity contribution in [3.63, 3.8) is 0 Å². The molecule has 1 heterocycles. The van der Waals surface area contributed by atoms with Crippen molar-refractivity contribution in [2.45, 2.75) is 24.8 Å². The van der Waals surface area contributed by atoms with Crippen LogP contribution in [0.4, 0.5) is 0 Å². The van der Waals surface area contributed by atoms with Gasteiger partial charge < -0.3 is 5.73 Å². The zero-order valence-electron chi connectivity index (χ0n) is 9.15. The Morgan fingerprint density at radius 2 is 2.06 bits per heavy atom. The molecule has 1 nitrogen and oxygen atoms in total. The maximum absolute atomic E-state index is 6.57. The van der Waals surface area contributed by atoms with Crippen molar-refractivity contribution in [1.29, 1.82) is 0 Å². The van der Waals surface area contributed by atoms with Gasteiger partial charge in [0, 0.05) is 16.8 Å². The number of aryl methyl sites for hydroxylation is 1. The van der Waals surface area contributed by atoms with Gasteiger partial charge in [0.1, 0.15) is 0 Å². The van der Waals surface area contributed by atoms with Gasteiger partial charge in [-0.15, -0.1) is 11.3 Å². The highest BCUT2D eigenvalue weighted by molar-refractivity contribution is 7.09. The monoisotopic (exact) mass is 229 g/mol. The third-order valence-corrected chi connectivity index (χ3v) is 4.34. The Kier molecular flexibility index (Phi) is 2.34. The smallest absolute Gasteiger partial charge is 0.0464 e. The number of nitrogens with two attached hydrogens (primary N) is 1. The van der Waals surface area contributed by atoms with Crippen LogP contribution in [-0.4, -0.2) is 0 Å². The zero-order valence-corrected chi connectivity index (χ0v) is 9.96. The molecule has 1 unspecified atom stereocenters. The van der Waals surface area contributed by atoms with E-state index in [0.717, 1.165) is 19.3 Å². The van der Waals surface area contributed by atoms with Gasteiger partial charge in [0.15, 0.2) is 0 Å². The minimum absolute atomic E-state index is 0.137. The highest BCUT2D eigenvalue weighted by Crippen LogP contribution is 2.37. The van der Waals surface area contributed by atoms with Crippen LogP contribution in [0, 0.1) is 0 Å². The van der Waals surface area contributed by atoms with E-state index in [-0.39, 0.29) is 5.54 Å². The van der Waals surface area contributed by atoms with Gasteiger partial charge in [-0.2, -0.15) is 0 Å². The summed E-state index contributed by atoms with van der Waals surface area (Å²) in [6.45, 7) is 0. The summed E-state index contributed by atoms with van der Waals surface area (Å²) in [5, 5.41) is 2.12. The molecular formula is C14H15NS. The molecule has 2 heteroatoms. The van der Waals surface area contributed by atoms with E-state index >= 15 is 0 Å². The molecule has 1 aliphatic rings. The molecule has 1 aromatic heterocycles. The second-order valence-electron chi connectivity index (χ2n) is 4.57. The van der Waals surface area contributed by atoms with E-state index in [1.807, 2.05) is 0 Å². The Hall–Kier alpha value is -1.12. The molecule has 0 aliphatic heterocycles. The van der Waals surface area contributed by atoms with Crippen molar-refractivity contribution < 1.29 is 0 Å². The van der Waals surface area contributed by atoms with Crippen LogP contribution in [0.2, 0.25) is 0 Å². The predicted octanol–water partition coefficient (Wildman–Crippen LogP) is 3.09. The van der Waals surface area contributed by atoms with E-state index < -0.39 is 0 Å². The minimum Gasteiger partial charge on any atom is -0.321 e. The van der Waals surface area contributed by atoms with E-state index in [2.05, 4.69) is 41.8 Å². The van der Waals surface area contributed by atoms with Gasteiger partial charge in [-0.25, -0.2) is 0 Å². The molecule has 0 radical (unpaired) electrons.